The van der Waals surface area contributed by atoms with Crippen molar-refractivity contribution in [2.45, 2.75) is 30.9 Å². The SMILES string of the molecule is c1ccc(-c2nc3ccccc3n2C2c3oc4ccccc4c3CCC3c4ccccc4OC32)cc1. The summed E-state index contributed by atoms with van der Waals surface area (Å²) in [6.07, 6.45) is 1.88. The summed E-state index contributed by atoms with van der Waals surface area (Å²) in [4.78, 5) is 5.14. The topological polar surface area (TPSA) is 40.2 Å². The summed E-state index contributed by atoms with van der Waals surface area (Å²) >= 11 is 0. The summed E-state index contributed by atoms with van der Waals surface area (Å²) in [6.45, 7) is 0. The second-order valence-electron chi connectivity index (χ2n) is 9.81. The quantitative estimate of drug-likeness (QED) is 0.264. The lowest BCUT2D eigenvalue weighted by atomic mass is 9.89. The molecule has 36 heavy (non-hydrogen) atoms. The first kappa shape index (κ1) is 19.9. The van der Waals surface area contributed by atoms with Crippen molar-refractivity contribution < 1.29 is 9.15 Å². The number of ether oxygens (including phenoxy) is 1. The molecule has 174 valence electrons. The monoisotopic (exact) mass is 468 g/mol. The summed E-state index contributed by atoms with van der Waals surface area (Å²) in [5, 5.41) is 1.21. The molecule has 1 aliphatic carbocycles. The number of aromatic nitrogens is 2. The van der Waals surface area contributed by atoms with E-state index >= 15 is 0 Å². The lowest BCUT2D eigenvalue weighted by Gasteiger charge is -2.28. The van der Waals surface area contributed by atoms with E-state index in [9.17, 15) is 0 Å². The summed E-state index contributed by atoms with van der Waals surface area (Å²) in [5.74, 6) is 3.20. The lowest BCUT2D eigenvalue weighted by molar-refractivity contribution is 0.149. The van der Waals surface area contributed by atoms with Crippen molar-refractivity contribution in [2.24, 2.45) is 0 Å². The molecule has 4 nitrogen and oxygen atoms in total. The van der Waals surface area contributed by atoms with Gasteiger partial charge < -0.3 is 13.7 Å². The average Bonchev–Trinajstić information content (AvgIpc) is 3.58. The second-order valence-corrected chi connectivity index (χ2v) is 9.81. The predicted octanol–water partition coefficient (Wildman–Crippen LogP) is 7.53. The van der Waals surface area contributed by atoms with Gasteiger partial charge in [-0.15, -0.1) is 0 Å². The zero-order valence-corrected chi connectivity index (χ0v) is 19.7. The van der Waals surface area contributed by atoms with E-state index in [1.807, 2.05) is 12.1 Å². The van der Waals surface area contributed by atoms with Gasteiger partial charge in [0.15, 0.2) is 0 Å². The van der Waals surface area contributed by atoms with Gasteiger partial charge in [0.2, 0.25) is 0 Å². The van der Waals surface area contributed by atoms with E-state index in [1.165, 1.54) is 16.5 Å². The molecule has 0 radical (unpaired) electrons. The van der Waals surface area contributed by atoms with Gasteiger partial charge in [-0.3, -0.25) is 0 Å². The lowest BCUT2D eigenvalue weighted by Crippen LogP contribution is -2.31. The molecule has 3 heterocycles. The van der Waals surface area contributed by atoms with E-state index < -0.39 is 0 Å². The van der Waals surface area contributed by atoms with Gasteiger partial charge in [-0.05, 0) is 37.1 Å². The Labute approximate surface area is 208 Å². The van der Waals surface area contributed by atoms with Gasteiger partial charge in [-0.25, -0.2) is 4.98 Å². The zero-order valence-electron chi connectivity index (χ0n) is 19.7. The minimum Gasteiger partial charge on any atom is -0.487 e. The van der Waals surface area contributed by atoms with E-state index in [4.69, 9.17) is 14.1 Å². The Morgan fingerprint density at radius 2 is 1.56 bits per heavy atom. The summed E-state index contributed by atoms with van der Waals surface area (Å²) in [6, 6.07) is 35.6. The fourth-order valence-corrected chi connectivity index (χ4v) is 6.35. The number of aryl methyl sites for hydroxylation is 1. The zero-order chi connectivity index (χ0) is 23.6. The van der Waals surface area contributed by atoms with Crippen LogP contribution in [0.25, 0.3) is 33.4 Å². The molecule has 4 aromatic carbocycles. The Balaban J connectivity index is 1.45. The van der Waals surface area contributed by atoms with Gasteiger partial charge in [0.05, 0.1) is 11.0 Å². The Bertz CT molecular complexity index is 1750. The van der Waals surface area contributed by atoms with Gasteiger partial charge in [0.25, 0.3) is 0 Å². The molecule has 0 saturated carbocycles. The van der Waals surface area contributed by atoms with Crippen molar-refractivity contribution in [2.75, 3.05) is 0 Å². The molecule has 0 spiro atoms. The van der Waals surface area contributed by atoms with Crippen molar-refractivity contribution >= 4 is 22.0 Å². The molecule has 8 rings (SSSR count). The van der Waals surface area contributed by atoms with Crippen LogP contribution in [0.3, 0.4) is 0 Å². The third kappa shape index (κ3) is 2.78. The van der Waals surface area contributed by atoms with Crippen molar-refractivity contribution in [3.63, 3.8) is 0 Å². The first-order valence-corrected chi connectivity index (χ1v) is 12.6. The molecule has 3 unspecified atom stereocenters. The van der Waals surface area contributed by atoms with Crippen molar-refractivity contribution in [1.29, 1.82) is 0 Å². The fourth-order valence-electron chi connectivity index (χ4n) is 6.35. The molecule has 6 aromatic rings. The fraction of sp³-hybridized carbons (Fsp3) is 0.156. The number of imidazole rings is 1. The van der Waals surface area contributed by atoms with Gasteiger partial charge in [0, 0.05) is 28.0 Å². The summed E-state index contributed by atoms with van der Waals surface area (Å²) in [7, 11) is 0. The summed E-state index contributed by atoms with van der Waals surface area (Å²) in [5.41, 5.74) is 6.68. The first-order chi connectivity index (χ1) is 17.9. The second kappa shape index (κ2) is 7.59. The van der Waals surface area contributed by atoms with E-state index in [-0.39, 0.29) is 18.1 Å². The van der Waals surface area contributed by atoms with Crippen LogP contribution >= 0.6 is 0 Å². The molecule has 0 bridgehead atoms. The third-order valence-electron chi connectivity index (χ3n) is 7.90. The number of fused-ring (bicyclic) bond motifs is 7. The van der Waals surface area contributed by atoms with E-state index in [2.05, 4.69) is 95.6 Å². The predicted molar refractivity (Wildman–Crippen MR) is 141 cm³/mol. The van der Waals surface area contributed by atoms with E-state index in [1.54, 1.807) is 0 Å². The van der Waals surface area contributed by atoms with E-state index in [0.717, 1.165) is 52.4 Å². The first-order valence-electron chi connectivity index (χ1n) is 12.6. The highest BCUT2D eigenvalue weighted by molar-refractivity contribution is 5.84. The average molecular weight is 469 g/mol. The Hall–Kier alpha value is -4.31. The Morgan fingerprint density at radius 3 is 2.50 bits per heavy atom. The maximum absolute atomic E-state index is 6.81. The number of para-hydroxylation sites is 4. The van der Waals surface area contributed by atoms with Crippen LogP contribution in [-0.4, -0.2) is 15.7 Å². The van der Waals surface area contributed by atoms with E-state index in [0.29, 0.717) is 0 Å². The molecule has 0 fully saturated rings. The Kier molecular flexibility index (Phi) is 4.21. The normalized spacial score (nSPS) is 20.5. The van der Waals surface area contributed by atoms with Crippen molar-refractivity contribution in [3.05, 3.63) is 120 Å². The highest BCUT2D eigenvalue weighted by Gasteiger charge is 2.46. The number of hydrogen-bond donors (Lipinski definition) is 0. The van der Waals surface area contributed by atoms with Crippen LogP contribution in [-0.2, 0) is 6.42 Å². The van der Waals surface area contributed by atoms with Crippen LogP contribution in [0, 0.1) is 0 Å². The largest absolute Gasteiger partial charge is 0.487 e. The van der Waals surface area contributed by atoms with Crippen LogP contribution < -0.4 is 4.74 Å². The molecule has 4 heteroatoms. The minimum absolute atomic E-state index is 0.0933. The van der Waals surface area contributed by atoms with Crippen LogP contribution in [0.4, 0.5) is 0 Å². The number of rotatable bonds is 2. The smallest absolute Gasteiger partial charge is 0.141 e. The molecular weight excluding hydrogens is 444 g/mol. The molecule has 0 amide bonds. The number of hydrogen-bond acceptors (Lipinski definition) is 3. The maximum Gasteiger partial charge on any atom is 0.141 e. The number of benzene rings is 4. The van der Waals surface area contributed by atoms with Gasteiger partial charge in [0.1, 0.15) is 35.1 Å². The molecule has 2 aliphatic rings. The van der Waals surface area contributed by atoms with Crippen LogP contribution in [0.1, 0.15) is 35.3 Å². The Morgan fingerprint density at radius 1 is 0.778 bits per heavy atom. The van der Waals surface area contributed by atoms with Gasteiger partial charge >= 0.3 is 0 Å². The van der Waals surface area contributed by atoms with Crippen LogP contribution in [0.5, 0.6) is 5.75 Å². The number of furan rings is 1. The molecule has 1 aliphatic heterocycles. The van der Waals surface area contributed by atoms with Crippen molar-refractivity contribution in [1.82, 2.24) is 9.55 Å². The molecule has 0 saturated heterocycles. The molecular formula is C32H24N2O2. The molecule has 2 aromatic heterocycles. The number of nitrogens with zero attached hydrogens (tertiary/aromatic N) is 2. The van der Waals surface area contributed by atoms with Crippen LogP contribution in [0.15, 0.2) is 108 Å². The molecule has 0 N–H and O–H groups in total. The third-order valence-corrected chi connectivity index (χ3v) is 7.90. The highest BCUT2D eigenvalue weighted by atomic mass is 16.5. The minimum atomic E-state index is -0.157. The van der Waals surface area contributed by atoms with Gasteiger partial charge in [-0.2, -0.15) is 0 Å². The van der Waals surface area contributed by atoms with Crippen LogP contribution in [0.2, 0.25) is 0 Å². The van der Waals surface area contributed by atoms with Gasteiger partial charge in [-0.1, -0.05) is 78.9 Å². The highest BCUT2D eigenvalue weighted by Crippen LogP contribution is 2.51. The molecule has 3 atom stereocenters. The standard InChI is InChI=1S/C32H24N2O2/c1-2-10-20(11-3-1)32-33-25-14-6-7-15-26(25)34(32)29-30-23(21-12-4-8-16-27(21)35-30)18-19-24-22-13-5-9-17-28(22)36-31(24)29/h1-17,23,29-30H,18-19H2. The van der Waals surface area contributed by atoms with Crippen molar-refractivity contribution in [3.8, 4) is 17.1 Å². The summed E-state index contributed by atoms with van der Waals surface area (Å²) < 4.78 is 15.9. The maximum atomic E-state index is 6.81.